The first kappa shape index (κ1) is 17.6. The molecule has 0 radical (unpaired) electrons. The highest BCUT2D eigenvalue weighted by atomic mass is 79.9. The van der Waals surface area contributed by atoms with Crippen LogP contribution in [0.2, 0.25) is 5.02 Å². The van der Waals surface area contributed by atoms with Gasteiger partial charge >= 0.3 is 0 Å². The van der Waals surface area contributed by atoms with Crippen LogP contribution in [0.1, 0.15) is 12.5 Å². The van der Waals surface area contributed by atoms with Crippen molar-refractivity contribution in [1.29, 1.82) is 0 Å². The van der Waals surface area contributed by atoms with Crippen molar-refractivity contribution < 1.29 is 9.53 Å². The summed E-state index contributed by atoms with van der Waals surface area (Å²) in [4.78, 5) is 11.2. The maximum Gasteiger partial charge on any atom is 0.221 e. The molecule has 2 rings (SSSR count). The molecule has 0 heterocycles. The Hall–Kier alpha value is -1.72. The normalized spacial score (nSPS) is 10.3. The first-order valence-electron chi connectivity index (χ1n) is 7.16. The first-order valence-corrected chi connectivity index (χ1v) is 8.33. The van der Waals surface area contributed by atoms with Crippen LogP contribution in [0.5, 0.6) is 5.75 Å². The monoisotopic (exact) mass is 396 g/mol. The second kappa shape index (κ2) is 8.22. The third-order valence-corrected chi connectivity index (χ3v) is 4.07. The fraction of sp³-hybridized carbons (Fsp3) is 0.235. The maximum absolute atomic E-state index is 11.2. The molecular weight excluding hydrogens is 380 g/mol. The average molecular weight is 398 g/mol. The van der Waals surface area contributed by atoms with Gasteiger partial charge in [0.1, 0.15) is 12.4 Å². The summed E-state index contributed by atoms with van der Waals surface area (Å²) in [6, 6.07) is 11.2. The van der Waals surface area contributed by atoms with Crippen molar-refractivity contribution in [2.45, 2.75) is 13.8 Å². The second-order valence-electron chi connectivity index (χ2n) is 5.01. The van der Waals surface area contributed by atoms with Crippen molar-refractivity contribution in [1.82, 2.24) is 0 Å². The van der Waals surface area contributed by atoms with Crippen LogP contribution >= 0.6 is 27.5 Å². The molecule has 0 bridgehead atoms. The molecule has 23 heavy (non-hydrogen) atoms. The van der Waals surface area contributed by atoms with E-state index in [1.807, 2.05) is 31.2 Å². The molecule has 0 aliphatic carbocycles. The summed E-state index contributed by atoms with van der Waals surface area (Å²) in [5.74, 6) is 0.668. The van der Waals surface area contributed by atoms with Gasteiger partial charge in [-0.3, -0.25) is 4.79 Å². The molecule has 0 saturated carbocycles. The molecule has 4 nitrogen and oxygen atoms in total. The lowest BCUT2D eigenvalue weighted by atomic mass is 10.1. The van der Waals surface area contributed by atoms with E-state index in [2.05, 4.69) is 26.6 Å². The van der Waals surface area contributed by atoms with Gasteiger partial charge < -0.3 is 15.4 Å². The Morgan fingerprint density at radius 3 is 2.70 bits per heavy atom. The number of halogens is 2. The summed E-state index contributed by atoms with van der Waals surface area (Å²) < 4.78 is 6.54. The summed E-state index contributed by atoms with van der Waals surface area (Å²) in [6.45, 7) is 4.60. The minimum atomic E-state index is -0.0822. The minimum absolute atomic E-state index is 0.0822. The van der Waals surface area contributed by atoms with Crippen molar-refractivity contribution in [2.75, 3.05) is 23.8 Å². The molecule has 0 unspecified atom stereocenters. The fourth-order valence-electron chi connectivity index (χ4n) is 2.09. The van der Waals surface area contributed by atoms with Crippen LogP contribution in [0.4, 0.5) is 11.4 Å². The van der Waals surface area contributed by atoms with Gasteiger partial charge in [-0.25, -0.2) is 0 Å². The fourth-order valence-corrected chi connectivity index (χ4v) is 2.89. The Morgan fingerprint density at radius 1 is 1.26 bits per heavy atom. The number of ether oxygens (including phenoxy) is 1. The molecule has 1 amide bonds. The zero-order chi connectivity index (χ0) is 16.8. The van der Waals surface area contributed by atoms with E-state index in [-0.39, 0.29) is 5.91 Å². The van der Waals surface area contributed by atoms with Crippen LogP contribution in [0.15, 0.2) is 40.9 Å². The van der Waals surface area contributed by atoms with E-state index >= 15 is 0 Å². The number of carbonyl (C=O) groups is 1. The lowest BCUT2D eigenvalue weighted by Crippen LogP contribution is -2.13. The van der Waals surface area contributed by atoms with Crippen LogP contribution in [0.3, 0.4) is 0 Å². The summed E-state index contributed by atoms with van der Waals surface area (Å²) in [7, 11) is 0. The molecule has 0 aliphatic heterocycles. The molecule has 2 N–H and O–H groups in total. The maximum atomic E-state index is 11.2. The summed E-state index contributed by atoms with van der Waals surface area (Å²) in [5.41, 5.74) is 2.77. The van der Waals surface area contributed by atoms with E-state index < -0.39 is 0 Å². The molecule has 0 aliphatic rings. The van der Waals surface area contributed by atoms with E-state index in [1.54, 1.807) is 12.1 Å². The van der Waals surface area contributed by atoms with E-state index in [9.17, 15) is 4.79 Å². The van der Waals surface area contributed by atoms with Crippen molar-refractivity contribution in [3.63, 3.8) is 0 Å². The Balaban J connectivity index is 1.90. The molecule has 0 aromatic heterocycles. The number of anilines is 2. The molecule has 6 heteroatoms. The smallest absolute Gasteiger partial charge is 0.221 e. The summed E-state index contributed by atoms with van der Waals surface area (Å²) in [5, 5.41) is 6.78. The number of hydrogen-bond donors (Lipinski definition) is 2. The molecule has 0 saturated heterocycles. The quantitative estimate of drug-likeness (QED) is 0.684. The third-order valence-electron chi connectivity index (χ3n) is 3.21. The second-order valence-corrected chi connectivity index (χ2v) is 6.30. The molecular formula is C17H18BrClN2O2. The number of carbonyl (C=O) groups excluding carboxylic acids is 1. The molecule has 0 atom stereocenters. The van der Waals surface area contributed by atoms with Gasteiger partial charge in [-0.15, -0.1) is 0 Å². The third kappa shape index (κ3) is 5.15. The molecule has 2 aromatic carbocycles. The summed E-state index contributed by atoms with van der Waals surface area (Å²) in [6.07, 6.45) is 0. The van der Waals surface area contributed by atoms with Gasteiger partial charge in [0.05, 0.1) is 4.47 Å². The van der Waals surface area contributed by atoms with E-state index in [4.69, 9.17) is 16.3 Å². The lowest BCUT2D eigenvalue weighted by Gasteiger charge is -2.14. The lowest BCUT2D eigenvalue weighted by molar-refractivity contribution is -0.114. The van der Waals surface area contributed by atoms with Crippen LogP contribution in [0.25, 0.3) is 0 Å². The van der Waals surface area contributed by atoms with E-state index in [0.717, 1.165) is 27.2 Å². The van der Waals surface area contributed by atoms with Crippen LogP contribution in [0, 0.1) is 6.92 Å². The highest BCUT2D eigenvalue weighted by molar-refractivity contribution is 9.10. The predicted octanol–water partition coefficient (Wildman–Crippen LogP) is 4.86. The van der Waals surface area contributed by atoms with E-state index in [1.165, 1.54) is 6.92 Å². The van der Waals surface area contributed by atoms with Crippen LogP contribution in [-0.2, 0) is 4.79 Å². The van der Waals surface area contributed by atoms with Gasteiger partial charge in [-0.05, 0) is 58.7 Å². The minimum Gasteiger partial charge on any atom is -0.491 e. The Morgan fingerprint density at radius 2 is 2.00 bits per heavy atom. The van der Waals surface area contributed by atoms with E-state index in [0.29, 0.717) is 18.2 Å². The zero-order valence-corrected chi connectivity index (χ0v) is 15.3. The van der Waals surface area contributed by atoms with Gasteiger partial charge in [0.15, 0.2) is 0 Å². The topological polar surface area (TPSA) is 50.4 Å². The largest absolute Gasteiger partial charge is 0.491 e. The van der Waals surface area contributed by atoms with Crippen LogP contribution < -0.4 is 15.4 Å². The van der Waals surface area contributed by atoms with Gasteiger partial charge in [-0.1, -0.05) is 17.7 Å². The van der Waals surface area contributed by atoms with Crippen molar-refractivity contribution in [2.24, 2.45) is 0 Å². The highest BCUT2D eigenvalue weighted by Gasteiger charge is 2.05. The Labute approximate surface area is 149 Å². The average Bonchev–Trinajstić information content (AvgIpc) is 2.48. The highest BCUT2D eigenvalue weighted by Crippen LogP contribution is 2.28. The van der Waals surface area contributed by atoms with Crippen molar-refractivity contribution in [3.8, 4) is 5.75 Å². The van der Waals surface area contributed by atoms with Gasteiger partial charge in [0.2, 0.25) is 5.91 Å². The van der Waals surface area contributed by atoms with Crippen molar-refractivity contribution >= 4 is 44.8 Å². The van der Waals surface area contributed by atoms with Crippen molar-refractivity contribution in [3.05, 3.63) is 51.5 Å². The molecule has 0 spiro atoms. The Kier molecular flexibility index (Phi) is 6.30. The zero-order valence-electron chi connectivity index (χ0n) is 13.0. The van der Waals surface area contributed by atoms with Gasteiger partial charge in [-0.2, -0.15) is 0 Å². The standard InChI is InChI=1S/C17H18BrClN2O2/c1-11-15(4-3-5-16(11)21-12(2)22)20-8-9-23-17-7-6-13(19)10-14(17)18/h3-7,10,20H,8-9H2,1-2H3,(H,21,22). The molecule has 122 valence electrons. The first-order chi connectivity index (χ1) is 11.0. The Bertz CT molecular complexity index is 707. The van der Waals surface area contributed by atoms with Gasteiger partial charge in [0.25, 0.3) is 0 Å². The number of nitrogens with one attached hydrogen (secondary N) is 2. The molecule has 0 fully saturated rings. The number of hydrogen-bond acceptors (Lipinski definition) is 3. The van der Waals surface area contributed by atoms with Gasteiger partial charge in [0, 0.05) is 29.9 Å². The SMILES string of the molecule is CC(=O)Nc1cccc(NCCOc2ccc(Cl)cc2Br)c1C. The number of benzene rings is 2. The number of amides is 1. The summed E-state index contributed by atoms with van der Waals surface area (Å²) >= 11 is 9.32. The van der Waals surface area contributed by atoms with Crippen LogP contribution in [-0.4, -0.2) is 19.1 Å². The number of rotatable bonds is 6. The molecule has 2 aromatic rings. The predicted molar refractivity (Wildman–Crippen MR) is 98.6 cm³/mol.